The lowest BCUT2D eigenvalue weighted by Crippen LogP contribution is -2.26. The molecule has 1 aliphatic heterocycles. The van der Waals surface area contributed by atoms with Gasteiger partial charge in [-0.1, -0.05) is 12.1 Å². The molecule has 0 saturated heterocycles. The van der Waals surface area contributed by atoms with Gasteiger partial charge in [-0.25, -0.2) is 12.8 Å². The maximum Gasteiger partial charge on any atom is 0.262 e. The van der Waals surface area contributed by atoms with E-state index in [9.17, 15) is 17.6 Å². The molecule has 0 aromatic heterocycles. The molecule has 5 nitrogen and oxygen atoms in total. The van der Waals surface area contributed by atoms with E-state index in [0.29, 0.717) is 24.2 Å². The Morgan fingerprint density at radius 2 is 2.00 bits per heavy atom. The van der Waals surface area contributed by atoms with Crippen molar-refractivity contribution in [2.24, 2.45) is 0 Å². The summed E-state index contributed by atoms with van der Waals surface area (Å²) in [4.78, 5) is 13.3. The summed E-state index contributed by atoms with van der Waals surface area (Å²) < 4.78 is 41.0. The van der Waals surface area contributed by atoms with Crippen molar-refractivity contribution in [1.29, 1.82) is 0 Å². The molecule has 1 aliphatic rings. The number of hydrogen-bond donors (Lipinski definition) is 1. The Morgan fingerprint density at radius 3 is 2.67 bits per heavy atom. The second kappa shape index (κ2) is 5.90. The van der Waals surface area contributed by atoms with E-state index < -0.39 is 15.8 Å². The molecular formula is C17H17FN2O3S. The van der Waals surface area contributed by atoms with E-state index in [4.69, 9.17) is 0 Å². The number of nitrogens with one attached hydrogen (secondary N) is 1. The summed E-state index contributed by atoms with van der Waals surface area (Å²) in [5, 5.41) is 0. The zero-order chi connectivity index (χ0) is 17.5. The van der Waals surface area contributed by atoms with Crippen molar-refractivity contribution in [3.05, 3.63) is 53.3 Å². The fourth-order valence-corrected chi connectivity index (χ4v) is 4.22. The van der Waals surface area contributed by atoms with E-state index in [-0.39, 0.29) is 16.5 Å². The van der Waals surface area contributed by atoms with E-state index >= 15 is 0 Å². The first-order valence-corrected chi connectivity index (χ1v) is 8.96. The molecule has 1 N–H and O–H groups in total. The first-order valence-electron chi connectivity index (χ1n) is 7.48. The fraction of sp³-hybridized carbons (Fsp3) is 0.235. The molecule has 0 fully saturated rings. The summed E-state index contributed by atoms with van der Waals surface area (Å²) in [6, 6.07) is 8.57. The van der Waals surface area contributed by atoms with Gasteiger partial charge in [0.1, 0.15) is 5.82 Å². The summed E-state index contributed by atoms with van der Waals surface area (Å²) >= 11 is 0. The maximum absolute atomic E-state index is 13.3. The summed E-state index contributed by atoms with van der Waals surface area (Å²) in [7, 11) is -3.89. The van der Waals surface area contributed by atoms with Crippen LogP contribution in [-0.4, -0.2) is 20.9 Å². The number of rotatable bonds is 3. The van der Waals surface area contributed by atoms with Crippen molar-refractivity contribution >= 4 is 27.3 Å². The van der Waals surface area contributed by atoms with Gasteiger partial charge < -0.3 is 4.90 Å². The Balaban J connectivity index is 2.02. The standard InChI is InChI=1S/C17H17FN2O3S/c1-11-8-13-6-7-20(12(2)21)16(13)10-17(11)24(22,23)19-15-5-3-4-14(18)9-15/h3-5,8-10,19H,6-7H2,1-2H3. The molecule has 1 amide bonds. The van der Waals surface area contributed by atoms with Gasteiger partial charge >= 0.3 is 0 Å². The third kappa shape index (κ3) is 2.99. The van der Waals surface area contributed by atoms with Gasteiger partial charge in [-0.05, 0) is 48.7 Å². The average Bonchev–Trinajstić information content (AvgIpc) is 2.88. The van der Waals surface area contributed by atoms with E-state index in [1.165, 1.54) is 31.2 Å². The number of fused-ring (bicyclic) bond motifs is 1. The lowest BCUT2D eigenvalue weighted by molar-refractivity contribution is -0.116. The molecule has 0 radical (unpaired) electrons. The minimum Gasteiger partial charge on any atom is -0.312 e. The van der Waals surface area contributed by atoms with Crippen LogP contribution in [0.2, 0.25) is 0 Å². The average molecular weight is 348 g/mol. The topological polar surface area (TPSA) is 66.5 Å². The van der Waals surface area contributed by atoms with Crippen LogP contribution in [0.5, 0.6) is 0 Å². The van der Waals surface area contributed by atoms with Crippen LogP contribution in [0.4, 0.5) is 15.8 Å². The van der Waals surface area contributed by atoms with Crippen molar-refractivity contribution in [2.45, 2.75) is 25.2 Å². The Bertz CT molecular complexity index is 925. The van der Waals surface area contributed by atoms with Crippen LogP contribution in [0.25, 0.3) is 0 Å². The third-order valence-electron chi connectivity index (χ3n) is 4.02. The van der Waals surface area contributed by atoms with Crippen LogP contribution in [0, 0.1) is 12.7 Å². The van der Waals surface area contributed by atoms with Gasteiger partial charge in [-0.15, -0.1) is 0 Å². The van der Waals surface area contributed by atoms with Gasteiger partial charge in [0, 0.05) is 19.2 Å². The molecule has 0 saturated carbocycles. The molecule has 2 aromatic rings. The largest absolute Gasteiger partial charge is 0.312 e. The predicted molar refractivity (Wildman–Crippen MR) is 90.1 cm³/mol. The normalized spacial score (nSPS) is 13.7. The molecule has 3 rings (SSSR count). The van der Waals surface area contributed by atoms with Gasteiger partial charge in [-0.3, -0.25) is 9.52 Å². The van der Waals surface area contributed by atoms with Gasteiger partial charge in [0.2, 0.25) is 5.91 Å². The van der Waals surface area contributed by atoms with Crippen molar-refractivity contribution in [3.63, 3.8) is 0 Å². The lowest BCUT2D eigenvalue weighted by atomic mass is 10.1. The number of benzene rings is 2. The number of aryl methyl sites for hydroxylation is 1. The highest BCUT2D eigenvalue weighted by Gasteiger charge is 2.27. The number of halogens is 1. The molecule has 2 aromatic carbocycles. The molecule has 0 spiro atoms. The summed E-state index contributed by atoms with van der Waals surface area (Å²) in [6.07, 6.45) is 0.702. The van der Waals surface area contributed by atoms with Gasteiger partial charge in [0.05, 0.1) is 10.6 Å². The monoisotopic (exact) mass is 348 g/mol. The first kappa shape index (κ1) is 16.4. The third-order valence-corrected chi connectivity index (χ3v) is 5.54. The molecule has 0 unspecified atom stereocenters. The zero-order valence-electron chi connectivity index (χ0n) is 13.3. The number of sulfonamides is 1. The Kier molecular flexibility index (Phi) is 4.04. The second-order valence-electron chi connectivity index (χ2n) is 5.78. The van der Waals surface area contributed by atoms with E-state index in [1.54, 1.807) is 17.9 Å². The predicted octanol–water partition coefficient (Wildman–Crippen LogP) is 2.84. The van der Waals surface area contributed by atoms with Crippen LogP contribution in [0.3, 0.4) is 0 Å². The zero-order valence-corrected chi connectivity index (χ0v) is 14.2. The van der Waals surface area contributed by atoms with Crippen LogP contribution in [0.15, 0.2) is 41.3 Å². The Morgan fingerprint density at radius 1 is 1.25 bits per heavy atom. The fourth-order valence-electron chi connectivity index (χ4n) is 2.92. The minimum atomic E-state index is -3.89. The molecule has 24 heavy (non-hydrogen) atoms. The summed E-state index contributed by atoms with van der Waals surface area (Å²) in [6.45, 7) is 3.70. The molecule has 0 bridgehead atoms. The maximum atomic E-state index is 13.3. The van der Waals surface area contributed by atoms with Gasteiger partial charge in [-0.2, -0.15) is 0 Å². The molecule has 1 heterocycles. The number of nitrogens with zero attached hydrogens (tertiary/aromatic N) is 1. The van der Waals surface area contributed by atoms with Gasteiger partial charge in [0.15, 0.2) is 0 Å². The molecule has 126 valence electrons. The van der Waals surface area contributed by atoms with Crippen LogP contribution < -0.4 is 9.62 Å². The van der Waals surface area contributed by atoms with Crippen molar-refractivity contribution in [2.75, 3.05) is 16.2 Å². The van der Waals surface area contributed by atoms with Crippen LogP contribution >= 0.6 is 0 Å². The summed E-state index contributed by atoms with van der Waals surface area (Å²) in [5.74, 6) is -0.650. The smallest absolute Gasteiger partial charge is 0.262 e. The number of amides is 1. The van der Waals surface area contributed by atoms with Crippen molar-refractivity contribution in [3.8, 4) is 0 Å². The van der Waals surface area contributed by atoms with Gasteiger partial charge in [0.25, 0.3) is 10.0 Å². The van der Waals surface area contributed by atoms with E-state index in [2.05, 4.69) is 4.72 Å². The second-order valence-corrected chi connectivity index (χ2v) is 7.43. The van der Waals surface area contributed by atoms with E-state index in [0.717, 1.165) is 11.6 Å². The molecule has 7 heteroatoms. The number of anilines is 2. The number of carbonyl (C=O) groups is 1. The van der Waals surface area contributed by atoms with E-state index in [1.807, 2.05) is 0 Å². The number of carbonyl (C=O) groups excluding carboxylic acids is 1. The highest BCUT2D eigenvalue weighted by Crippen LogP contribution is 2.33. The quantitative estimate of drug-likeness (QED) is 0.927. The Hall–Kier alpha value is -2.41. The van der Waals surface area contributed by atoms with Crippen molar-refractivity contribution < 1.29 is 17.6 Å². The highest BCUT2D eigenvalue weighted by atomic mass is 32.2. The number of hydrogen-bond acceptors (Lipinski definition) is 3. The van der Waals surface area contributed by atoms with Crippen molar-refractivity contribution in [1.82, 2.24) is 0 Å². The lowest BCUT2D eigenvalue weighted by Gasteiger charge is -2.17. The first-order chi connectivity index (χ1) is 11.3. The molecule has 0 atom stereocenters. The summed E-state index contributed by atoms with van der Waals surface area (Å²) in [5.41, 5.74) is 2.31. The SMILES string of the molecule is CC(=O)N1CCc2cc(C)c(S(=O)(=O)Nc3cccc(F)c3)cc21. The molecule has 0 aliphatic carbocycles. The highest BCUT2D eigenvalue weighted by molar-refractivity contribution is 7.92. The Labute approximate surface area is 140 Å². The molecular weight excluding hydrogens is 331 g/mol. The minimum absolute atomic E-state index is 0.0821. The van der Waals surface area contributed by atoms with Crippen LogP contribution in [-0.2, 0) is 21.2 Å². The van der Waals surface area contributed by atoms with Crippen LogP contribution in [0.1, 0.15) is 18.1 Å².